The number of halogens is 3. The van der Waals surface area contributed by atoms with Crippen molar-refractivity contribution in [3.63, 3.8) is 0 Å². The van der Waals surface area contributed by atoms with Crippen molar-refractivity contribution in [2.45, 2.75) is 31.5 Å². The van der Waals surface area contributed by atoms with Gasteiger partial charge in [-0.1, -0.05) is 36.4 Å². The minimum absolute atomic E-state index is 0.0302. The lowest BCUT2D eigenvalue weighted by atomic mass is 9.86. The lowest BCUT2D eigenvalue weighted by molar-refractivity contribution is -0.138. The Balaban J connectivity index is 1.49. The van der Waals surface area contributed by atoms with Crippen LogP contribution in [-0.2, 0) is 15.7 Å². The van der Waals surface area contributed by atoms with E-state index < -0.39 is 23.6 Å². The molecule has 0 radical (unpaired) electrons. The van der Waals surface area contributed by atoms with E-state index in [9.17, 15) is 22.8 Å². The monoisotopic (exact) mass is 527 g/mol. The molecule has 3 N–H and O–H groups in total. The Hall–Kier alpha value is -3.92. The minimum atomic E-state index is -4.37. The molecule has 0 aliphatic carbocycles. The molecule has 0 bridgehead atoms. The number of benzene rings is 2. The van der Waals surface area contributed by atoms with E-state index in [1.165, 1.54) is 18.3 Å². The van der Waals surface area contributed by atoms with Crippen LogP contribution >= 0.6 is 0 Å². The van der Waals surface area contributed by atoms with Crippen LogP contribution in [-0.4, -0.2) is 41.7 Å². The van der Waals surface area contributed by atoms with Crippen molar-refractivity contribution in [2.24, 2.45) is 5.92 Å². The second kappa shape index (κ2) is 12.1. The van der Waals surface area contributed by atoms with Gasteiger partial charge in [-0.3, -0.25) is 9.59 Å². The number of aliphatic carboxylic acids is 1. The van der Waals surface area contributed by atoms with E-state index in [4.69, 9.17) is 9.84 Å². The first-order valence-electron chi connectivity index (χ1n) is 12.3. The number of rotatable bonds is 9. The Morgan fingerprint density at radius 2 is 1.61 bits per heavy atom. The molecule has 1 aliphatic heterocycles. The van der Waals surface area contributed by atoms with Crippen molar-refractivity contribution in [1.82, 2.24) is 10.3 Å². The fourth-order valence-corrected chi connectivity index (χ4v) is 4.41. The number of hydrogen-bond acceptors (Lipinski definition) is 5. The highest BCUT2D eigenvalue weighted by Crippen LogP contribution is 2.35. The first-order chi connectivity index (χ1) is 18.2. The SMILES string of the molecule is O=C(O)CCNC(=O)c1ccc(N[C@H](c2ccc(-c3ccc(C(F)(F)F)cc3)cc2)C2CCOCC2)nc1. The molecule has 1 aromatic heterocycles. The fourth-order valence-electron chi connectivity index (χ4n) is 4.41. The normalized spacial score (nSPS) is 15.0. The zero-order valence-corrected chi connectivity index (χ0v) is 20.5. The molecule has 1 saturated heterocycles. The van der Waals surface area contributed by atoms with Gasteiger partial charge in [-0.25, -0.2) is 4.98 Å². The first kappa shape index (κ1) is 27.1. The molecule has 1 aliphatic rings. The van der Waals surface area contributed by atoms with E-state index in [2.05, 4.69) is 15.6 Å². The third-order valence-corrected chi connectivity index (χ3v) is 6.51. The van der Waals surface area contributed by atoms with E-state index >= 15 is 0 Å². The standard InChI is InChI=1S/C28H28F3N3O4/c29-28(30,31)23-8-5-19(6-9-23)18-1-3-20(4-2-18)26(21-12-15-38-16-13-21)34-24-10-7-22(17-33-24)27(37)32-14-11-25(35)36/h1-10,17,21,26H,11-16H2,(H,32,37)(H,33,34)(H,35,36)/t26-/m1/s1. The van der Waals surface area contributed by atoms with Gasteiger partial charge >= 0.3 is 12.1 Å². The highest BCUT2D eigenvalue weighted by molar-refractivity contribution is 5.94. The van der Waals surface area contributed by atoms with Gasteiger partial charge in [0, 0.05) is 26.0 Å². The maximum absolute atomic E-state index is 12.9. The molecule has 38 heavy (non-hydrogen) atoms. The molecule has 1 fully saturated rings. The quantitative estimate of drug-likeness (QED) is 0.337. The van der Waals surface area contributed by atoms with Crippen LogP contribution in [0.5, 0.6) is 0 Å². The molecular weight excluding hydrogens is 499 g/mol. The molecule has 0 saturated carbocycles. The highest BCUT2D eigenvalue weighted by Gasteiger charge is 2.30. The number of anilines is 1. The van der Waals surface area contributed by atoms with Gasteiger partial charge in [0.1, 0.15) is 5.82 Å². The van der Waals surface area contributed by atoms with Gasteiger partial charge in [0.25, 0.3) is 5.91 Å². The van der Waals surface area contributed by atoms with Gasteiger partial charge in [0.2, 0.25) is 0 Å². The molecular formula is C28H28F3N3O4. The number of amides is 1. The number of nitrogens with zero attached hydrogens (tertiary/aromatic N) is 1. The lowest BCUT2D eigenvalue weighted by Gasteiger charge is -2.32. The molecule has 2 heterocycles. The number of aromatic nitrogens is 1. The minimum Gasteiger partial charge on any atom is -0.481 e. The molecule has 1 atom stereocenters. The number of carbonyl (C=O) groups is 2. The van der Waals surface area contributed by atoms with E-state index in [0.29, 0.717) is 30.2 Å². The van der Waals surface area contributed by atoms with Crippen molar-refractivity contribution >= 4 is 17.7 Å². The maximum Gasteiger partial charge on any atom is 0.416 e. The first-order valence-corrected chi connectivity index (χ1v) is 12.3. The van der Waals surface area contributed by atoms with Crippen LogP contribution < -0.4 is 10.6 Å². The van der Waals surface area contributed by atoms with Crippen molar-refractivity contribution in [1.29, 1.82) is 0 Å². The number of pyridine rings is 1. The Morgan fingerprint density at radius 3 is 2.16 bits per heavy atom. The lowest BCUT2D eigenvalue weighted by Crippen LogP contribution is -2.28. The molecule has 3 aromatic rings. The zero-order chi connectivity index (χ0) is 27.1. The summed E-state index contributed by atoms with van der Waals surface area (Å²) >= 11 is 0. The van der Waals surface area contributed by atoms with Crippen LogP contribution in [0.4, 0.5) is 19.0 Å². The van der Waals surface area contributed by atoms with Crippen molar-refractivity contribution in [2.75, 3.05) is 25.1 Å². The molecule has 4 rings (SSSR count). The van der Waals surface area contributed by atoms with Crippen LogP contribution in [0.2, 0.25) is 0 Å². The average molecular weight is 528 g/mol. The van der Waals surface area contributed by atoms with E-state index in [-0.39, 0.29) is 24.9 Å². The molecule has 2 aromatic carbocycles. The van der Waals surface area contributed by atoms with Crippen LogP contribution in [0.25, 0.3) is 11.1 Å². The van der Waals surface area contributed by atoms with Gasteiger partial charge in [-0.2, -0.15) is 13.2 Å². The van der Waals surface area contributed by atoms with Gasteiger partial charge in [0.15, 0.2) is 0 Å². The van der Waals surface area contributed by atoms with E-state index in [1.807, 2.05) is 24.3 Å². The summed E-state index contributed by atoms with van der Waals surface area (Å²) in [5.74, 6) is -0.545. The van der Waals surface area contributed by atoms with Gasteiger partial charge < -0.3 is 20.5 Å². The number of carboxylic acids is 1. The Bertz CT molecular complexity index is 1220. The summed E-state index contributed by atoms with van der Waals surface area (Å²) in [7, 11) is 0. The number of carboxylic acid groups (broad SMARTS) is 1. The molecule has 0 spiro atoms. The predicted octanol–water partition coefficient (Wildman–Crippen LogP) is 5.55. The van der Waals surface area contributed by atoms with Crippen molar-refractivity contribution in [3.05, 3.63) is 83.6 Å². The number of alkyl halides is 3. The number of ether oxygens (including phenoxy) is 1. The number of hydrogen-bond donors (Lipinski definition) is 3. The molecule has 10 heteroatoms. The Labute approximate surface area is 218 Å². The van der Waals surface area contributed by atoms with Gasteiger partial charge in [-0.05, 0) is 59.7 Å². The third kappa shape index (κ3) is 7.10. The Morgan fingerprint density at radius 1 is 0.974 bits per heavy atom. The van der Waals surface area contributed by atoms with Gasteiger partial charge in [-0.15, -0.1) is 0 Å². The summed E-state index contributed by atoms with van der Waals surface area (Å²) in [5, 5.41) is 14.7. The second-order valence-electron chi connectivity index (χ2n) is 9.10. The smallest absolute Gasteiger partial charge is 0.416 e. The van der Waals surface area contributed by atoms with Crippen LogP contribution in [0.3, 0.4) is 0 Å². The second-order valence-corrected chi connectivity index (χ2v) is 9.10. The topological polar surface area (TPSA) is 101 Å². The number of nitrogens with one attached hydrogen (secondary N) is 2. The van der Waals surface area contributed by atoms with Gasteiger partial charge in [0.05, 0.1) is 23.6 Å². The van der Waals surface area contributed by atoms with Crippen LogP contribution in [0.1, 0.15) is 46.8 Å². The molecule has 200 valence electrons. The third-order valence-electron chi connectivity index (χ3n) is 6.51. The fraction of sp³-hybridized carbons (Fsp3) is 0.321. The summed E-state index contributed by atoms with van der Waals surface area (Å²) in [4.78, 5) is 27.2. The maximum atomic E-state index is 12.9. The van der Waals surface area contributed by atoms with Crippen LogP contribution in [0, 0.1) is 5.92 Å². The summed E-state index contributed by atoms with van der Waals surface area (Å²) in [6.07, 6.45) is -1.40. The van der Waals surface area contributed by atoms with Crippen LogP contribution in [0.15, 0.2) is 66.9 Å². The highest BCUT2D eigenvalue weighted by atomic mass is 19.4. The predicted molar refractivity (Wildman–Crippen MR) is 136 cm³/mol. The molecule has 0 unspecified atom stereocenters. The number of carbonyl (C=O) groups excluding carboxylic acids is 1. The summed E-state index contributed by atoms with van der Waals surface area (Å²) in [5.41, 5.74) is 2.15. The van der Waals surface area contributed by atoms with Crippen molar-refractivity contribution < 1.29 is 32.6 Å². The summed E-state index contributed by atoms with van der Waals surface area (Å²) < 4.78 is 44.2. The Kier molecular flexibility index (Phi) is 8.62. The summed E-state index contributed by atoms with van der Waals surface area (Å²) in [6.45, 7) is 1.33. The average Bonchev–Trinajstić information content (AvgIpc) is 2.92. The molecule has 1 amide bonds. The zero-order valence-electron chi connectivity index (χ0n) is 20.5. The van der Waals surface area contributed by atoms with E-state index in [1.54, 1.807) is 12.1 Å². The van der Waals surface area contributed by atoms with Crippen molar-refractivity contribution in [3.8, 4) is 11.1 Å². The van der Waals surface area contributed by atoms with E-state index in [0.717, 1.165) is 36.1 Å². The molecule has 7 nitrogen and oxygen atoms in total. The largest absolute Gasteiger partial charge is 0.481 e. The summed E-state index contributed by atoms with van der Waals surface area (Å²) in [6, 6.07) is 16.0.